The average Bonchev–Trinajstić information content (AvgIpc) is 2.83. The van der Waals surface area contributed by atoms with E-state index in [2.05, 4.69) is 11.9 Å². The summed E-state index contributed by atoms with van der Waals surface area (Å²) in [5.74, 6) is -0.506. The van der Waals surface area contributed by atoms with Crippen molar-refractivity contribution in [3.63, 3.8) is 0 Å². The molecule has 1 fully saturated rings. The molecule has 0 aromatic carbocycles. The van der Waals surface area contributed by atoms with Crippen molar-refractivity contribution in [2.24, 2.45) is 5.92 Å². The van der Waals surface area contributed by atoms with Crippen molar-refractivity contribution in [2.75, 3.05) is 19.7 Å². The highest BCUT2D eigenvalue weighted by molar-refractivity contribution is 5.96. The number of likely N-dealkylation sites (tertiary alicyclic amines) is 1. The first-order chi connectivity index (χ1) is 9.83. The van der Waals surface area contributed by atoms with Gasteiger partial charge in [-0.1, -0.05) is 13.5 Å². The number of aliphatic hydroxyl groups is 2. The number of hydrogen-bond acceptors (Lipinski definition) is 4. The fraction of sp³-hybridized carbons (Fsp3) is 0.600. The third-order valence-corrected chi connectivity index (χ3v) is 3.29. The largest absolute Gasteiger partial charge is 0.396 e. The van der Waals surface area contributed by atoms with Crippen LogP contribution in [-0.4, -0.2) is 52.7 Å². The number of nitrogens with one attached hydrogen (secondary N) is 1. The zero-order valence-corrected chi connectivity index (χ0v) is 12.6. The third kappa shape index (κ3) is 5.69. The van der Waals surface area contributed by atoms with Crippen molar-refractivity contribution in [1.29, 1.82) is 0 Å². The van der Waals surface area contributed by atoms with Crippen molar-refractivity contribution in [1.82, 2.24) is 10.2 Å². The molecule has 118 valence electrons. The van der Waals surface area contributed by atoms with Gasteiger partial charge in [-0.3, -0.25) is 9.59 Å². The molecule has 0 bridgehead atoms. The van der Waals surface area contributed by atoms with Gasteiger partial charge in [-0.2, -0.15) is 0 Å². The van der Waals surface area contributed by atoms with E-state index in [1.54, 1.807) is 11.0 Å². The molecular formula is C15H24N2O4. The van der Waals surface area contributed by atoms with Gasteiger partial charge in [0.05, 0.1) is 6.10 Å². The summed E-state index contributed by atoms with van der Waals surface area (Å²) in [6, 6.07) is 0. The minimum atomic E-state index is -0.477. The van der Waals surface area contributed by atoms with Crippen LogP contribution >= 0.6 is 0 Å². The Labute approximate surface area is 125 Å². The van der Waals surface area contributed by atoms with Crippen LogP contribution in [0.2, 0.25) is 0 Å². The Morgan fingerprint density at radius 2 is 2.19 bits per heavy atom. The minimum absolute atomic E-state index is 0.00430. The van der Waals surface area contributed by atoms with Crippen LogP contribution in [0.4, 0.5) is 0 Å². The van der Waals surface area contributed by atoms with Crippen LogP contribution in [0.5, 0.6) is 0 Å². The van der Waals surface area contributed by atoms with Crippen LogP contribution in [0.3, 0.4) is 0 Å². The molecule has 1 heterocycles. The fourth-order valence-electron chi connectivity index (χ4n) is 2.21. The molecule has 0 spiro atoms. The first kappa shape index (κ1) is 17.4. The molecule has 0 aromatic rings. The highest BCUT2D eigenvalue weighted by Gasteiger charge is 2.25. The number of allylic oxidation sites excluding steroid dienone is 1. The van der Waals surface area contributed by atoms with E-state index >= 15 is 0 Å². The summed E-state index contributed by atoms with van der Waals surface area (Å²) in [4.78, 5) is 24.9. The Morgan fingerprint density at radius 1 is 1.52 bits per heavy atom. The summed E-state index contributed by atoms with van der Waals surface area (Å²) < 4.78 is 0. The van der Waals surface area contributed by atoms with Crippen LogP contribution in [-0.2, 0) is 9.59 Å². The van der Waals surface area contributed by atoms with E-state index in [9.17, 15) is 14.7 Å². The van der Waals surface area contributed by atoms with Crippen molar-refractivity contribution in [3.8, 4) is 0 Å². The smallest absolute Gasteiger partial charge is 0.253 e. The van der Waals surface area contributed by atoms with Crippen LogP contribution in [0.25, 0.3) is 0 Å². The highest BCUT2D eigenvalue weighted by atomic mass is 16.3. The average molecular weight is 296 g/mol. The highest BCUT2D eigenvalue weighted by Crippen LogP contribution is 2.15. The summed E-state index contributed by atoms with van der Waals surface area (Å²) in [5.41, 5.74) is 0.820. The number of hydrogen-bond donors (Lipinski definition) is 3. The summed E-state index contributed by atoms with van der Waals surface area (Å²) in [7, 11) is 0. The molecule has 0 saturated carbocycles. The van der Waals surface area contributed by atoms with Gasteiger partial charge in [0.1, 0.15) is 0 Å². The monoisotopic (exact) mass is 296 g/mol. The standard InChI is InChI=1S/C15H24N2O4/c1-10(9-18)6-13(16-12(3)19)7-11(2)15(21)17-5-4-14(20)8-17/h7,10,14,18,20H,2,4-6,8-9H2,1,3H3,(H,16,19)/b13-7-. The SMILES string of the molecule is C=C(/C=C(/CC(C)CO)NC(C)=O)C(=O)N1CCC(O)C1. The van der Waals surface area contributed by atoms with Crippen LogP contribution in [0.1, 0.15) is 26.7 Å². The second-order valence-electron chi connectivity index (χ2n) is 5.56. The van der Waals surface area contributed by atoms with Crippen LogP contribution in [0, 0.1) is 5.92 Å². The summed E-state index contributed by atoms with van der Waals surface area (Å²) in [5, 5.41) is 21.2. The van der Waals surface area contributed by atoms with Gasteiger partial charge in [-0.25, -0.2) is 0 Å². The van der Waals surface area contributed by atoms with Crippen molar-refractivity contribution >= 4 is 11.8 Å². The maximum Gasteiger partial charge on any atom is 0.253 e. The first-order valence-electron chi connectivity index (χ1n) is 7.08. The maximum absolute atomic E-state index is 12.2. The van der Waals surface area contributed by atoms with Gasteiger partial charge < -0.3 is 20.4 Å². The molecule has 21 heavy (non-hydrogen) atoms. The topological polar surface area (TPSA) is 89.9 Å². The lowest BCUT2D eigenvalue weighted by atomic mass is 10.0. The molecule has 2 unspecified atom stereocenters. The Balaban J connectivity index is 2.75. The number of carbonyl (C=O) groups excluding carboxylic acids is 2. The molecule has 1 aliphatic heterocycles. The zero-order chi connectivity index (χ0) is 16.0. The zero-order valence-electron chi connectivity index (χ0n) is 12.6. The third-order valence-electron chi connectivity index (χ3n) is 3.29. The van der Waals surface area contributed by atoms with E-state index in [0.29, 0.717) is 31.6 Å². The molecule has 6 nitrogen and oxygen atoms in total. The fourth-order valence-corrected chi connectivity index (χ4v) is 2.21. The molecule has 0 radical (unpaired) electrons. The Morgan fingerprint density at radius 3 is 2.67 bits per heavy atom. The summed E-state index contributed by atoms with van der Waals surface area (Å²) in [6.45, 7) is 7.79. The second kappa shape index (κ2) is 7.95. The molecule has 0 aromatic heterocycles. The lowest BCUT2D eigenvalue weighted by Crippen LogP contribution is -2.30. The van der Waals surface area contributed by atoms with Crippen molar-refractivity contribution < 1.29 is 19.8 Å². The number of β-amino-alcohol motifs (C(OH)–C–C–N with tert-alkyl or cyclic N) is 1. The van der Waals surface area contributed by atoms with Gasteiger partial charge in [-0.05, 0) is 24.8 Å². The summed E-state index contributed by atoms with van der Waals surface area (Å²) in [6.07, 6.45) is 2.09. The van der Waals surface area contributed by atoms with Gasteiger partial charge in [0.15, 0.2) is 0 Å². The number of rotatable bonds is 6. The minimum Gasteiger partial charge on any atom is -0.396 e. The van der Waals surface area contributed by atoms with Gasteiger partial charge >= 0.3 is 0 Å². The second-order valence-corrected chi connectivity index (χ2v) is 5.56. The quantitative estimate of drug-likeness (QED) is 0.481. The molecule has 2 amide bonds. The summed E-state index contributed by atoms with van der Waals surface area (Å²) >= 11 is 0. The molecule has 2 atom stereocenters. The van der Waals surface area contributed by atoms with Crippen molar-refractivity contribution in [2.45, 2.75) is 32.8 Å². The number of carbonyl (C=O) groups is 2. The molecule has 6 heteroatoms. The predicted octanol–water partition coefficient (Wildman–Crippen LogP) is 0.174. The van der Waals surface area contributed by atoms with E-state index < -0.39 is 6.10 Å². The molecule has 1 rings (SSSR count). The lowest BCUT2D eigenvalue weighted by molar-refractivity contribution is -0.126. The van der Waals surface area contributed by atoms with Gasteiger partial charge in [-0.15, -0.1) is 0 Å². The molecule has 1 aliphatic rings. The molecular weight excluding hydrogens is 272 g/mol. The normalized spacial score (nSPS) is 20.3. The molecule has 3 N–H and O–H groups in total. The van der Waals surface area contributed by atoms with Crippen molar-refractivity contribution in [3.05, 3.63) is 23.9 Å². The Bertz CT molecular complexity index is 445. The van der Waals surface area contributed by atoms with Crippen LogP contribution in [0.15, 0.2) is 23.9 Å². The lowest BCUT2D eigenvalue weighted by Gasteiger charge is -2.17. The maximum atomic E-state index is 12.2. The van der Waals surface area contributed by atoms with Gasteiger partial charge in [0.2, 0.25) is 5.91 Å². The number of aliphatic hydroxyl groups excluding tert-OH is 2. The van der Waals surface area contributed by atoms with Gasteiger partial charge in [0, 0.05) is 37.9 Å². The predicted molar refractivity (Wildman–Crippen MR) is 79.1 cm³/mol. The van der Waals surface area contributed by atoms with E-state index in [4.69, 9.17) is 5.11 Å². The first-order valence-corrected chi connectivity index (χ1v) is 7.08. The Hall–Kier alpha value is -1.66. The number of amides is 2. The Kier molecular flexibility index (Phi) is 6.58. The van der Waals surface area contributed by atoms with E-state index in [1.807, 2.05) is 6.92 Å². The van der Waals surface area contributed by atoms with E-state index in [1.165, 1.54) is 6.92 Å². The molecule has 0 aliphatic carbocycles. The molecule has 1 saturated heterocycles. The van der Waals surface area contributed by atoms with E-state index in [0.717, 1.165) is 0 Å². The van der Waals surface area contributed by atoms with Crippen LogP contribution < -0.4 is 5.32 Å². The number of nitrogens with zero attached hydrogens (tertiary/aromatic N) is 1. The van der Waals surface area contributed by atoms with E-state index in [-0.39, 0.29) is 29.9 Å². The van der Waals surface area contributed by atoms with Gasteiger partial charge in [0.25, 0.3) is 5.91 Å².